The summed E-state index contributed by atoms with van der Waals surface area (Å²) in [7, 11) is -4.50. The molecule has 0 fully saturated rings. The van der Waals surface area contributed by atoms with Crippen molar-refractivity contribution in [2.75, 3.05) is 0 Å². The molecule has 0 spiro atoms. The van der Waals surface area contributed by atoms with Crippen LogP contribution in [0.4, 0.5) is 0 Å². The van der Waals surface area contributed by atoms with Crippen LogP contribution in [0.3, 0.4) is 0 Å². The number of aryl methyl sites for hydroxylation is 1. The summed E-state index contributed by atoms with van der Waals surface area (Å²) in [5, 5.41) is 9.50. The summed E-state index contributed by atoms with van der Waals surface area (Å²) in [6.07, 6.45) is 5.86. The molecule has 0 aliphatic heterocycles. The van der Waals surface area contributed by atoms with Crippen LogP contribution in [0.25, 0.3) is 0 Å². The molecule has 0 bridgehead atoms. The van der Waals surface area contributed by atoms with Gasteiger partial charge in [-0.3, -0.25) is 4.55 Å². The maximum absolute atomic E-state index is 11.2. The largest absolute Gasteiger partial charge is 0.506 e. The van der Waals surface area contributed by atoms with Crippen LogP contribution in [-0.4, -0.2) is 18.1 Å². The van der Waals surface area contributed by atoms with Crippen LogP contribution >= 0.6 is 0 Å². The minimum atomic E-state index is -4.50. The Labute approximate surface area is 142 Å². The second kappa shape index (κ2) is 8.17. The van der Waals surface area contributed by atoms with Crippen molar-refractivity contribution in [2.45, 2.75) is 43.9 Å². The number of phenolic OH excluding ortho intramolecular Hbond substituents is 1. The quantitative estimate of drug-likeness (QED) is 0.539. The molecule has 0 saturated carbocycles. The molecule has 0 aromatic heterocycles. The second-order valence-electron chi connectivity index (χ2n) is 5.66. The molecule has 2 aromatic carbocycles. The Hall–Kier alpha value is -2.05. The van der Waals surface area contributed by atoms with E-state index < -0.39 is 20.8 Å². The molecular formula is C18H22O5S. The van der Waals surface area contributed by atoms with E-state index in [1.165, 1.54) is 37.0 Å². The van der Waals surface area contributed by atoms with Gasteiger partial charge in [-0.15, -0.1) is 0 Å². The van der Waals surface area contributed by atoms with E-state index in [0.717, 1.165) is 18.9 Å². The Kier molecular flexibility index (Phi) is 6.23. The normalized spacial score (nSPS) is 11.4. The first-order valence-corrected chi connectivity index (χ1v) is 9.41. The molecule has 6 heteroatoms. The number of unbranched alkanes of at least 4 members (excludes halogenated alkanes) is 3. The van der Waals surface area contributed by atoms with E-state index in [1.807, 2.05) is 24.3 Å². The van der Waals surface area contributed by atoms with E-state index in [4.69, 9.17) is 9.29 Å². The summed E-state index contributed by atoms with van der Waals surface area (Å²) >= 11 is 0. The molecule has 2 rings (SSSR count). The Morgan fingerprint density at radius 3 is 2.25 bits per heavy atom. The summed E-state index contributed by atoms with van der Waals surface area (Å²) in [6, 6.07) is 11.3. The first kappa shape index (κ1) is 18.3. The van der Waals surface area contributed by atoms with Gasteiger partial charge in [0.15, 0.2) is 0 Å². The van der Waals surface area contributed by atoms with Crippen molar-refractivity contribution >= 4 is 10.1 Å². The zero-order chi connectivity index (χ0) is 17.6. The molecule has 0 unspecified atom stereocenters. The lowest BCUT2D eigenvalue weighted by molar-refractivity contribution is 0.435. The number of phenols is 1. The highest BCUT2D eigenvalue weighted by Gasteiger charge is 2.16. The summed E-state index contributed by atoms with van der Waals surface area (Å²) in [6.45, 7) is 2.18. The molecule has 0 aliphatic rings. The lowest BCUT2D eigenvalue weighted by Crippen LogP contribution is -1.99. The van der Waals surface area contributed by atoms with Crippen molar-refractivity contribution in [1.29, 1.82) is 0 Å². The molecule has 130 valence electrons. The number of aromatic hydroxyl groups is 1. The third-order valence-corrected chi connectivity index (χ3v) is 4.57. The van der Waals surface area contributed by atoms with Gasteiger partial charge in [-0.25, -0.2) is 0 Å². The van der Waals surface area contributed by atoms with Gasteiger partial charge in [0, 0.05) is 6.07 Å². The SMILES string of the molecule is CCCCCCc1ccc(Oc2ccc(O)c(S(=O)(=O)O)c2)cc1. The summed E-state index contributed by atoms with van der Waals surface area (Å²) in [5.41, 5.74) is 1.22. The summed E-state index contributed by atoms with van der Waals surface area (Å²) in [4.78, 5) is -0.576. The van der Waals surface area contributed by atoms with Gasteiger partial charge in [-0.2, -0.15) is 8.42 Å². The fourth-order valence-corrected chi connectivity index (χ4v) is 2.98. The molecule has 0 aliphatic carbocycles. The van der Waals surface area contributed by atoms with Crippen molar-refractivity contribution < 1.29 is 22.8 Å². The first-order chi connectivity index (χ1) is 11.4. The summed E-state index contributed by atoms with van der Waals surface area (Å²) < 4.78 is 37.0. The standard InChI is InChI=1S/C18H22O5S/c1-2-3-4-5-6-14-7-9-15(10-8-14)23-16-11-12-17(19)18(13-16)24(20,21)22/h7-13,19H,2-6H2,1H3,(H,20,21,22). The minimum Gasteiger partial charge on any atom is -0.506 e. The third kappa shape index (κ3) is 5.25. The number of hydrogen-bond donors (Lipinski definition) is 2. The predicted octanol–water partition coefficient (Wildman–Crippen LogP) is 4.55. The van der Waals surface area contributed by atoms with Crippen LogP contribution in [0, 0.1) is 0 Å². The Morgan fingerprint density at radius 2 is 1.62 bits per heavy atom. The van der Waals surface area contributed by atoms with Gasteiger partial charge in [-0.05, 0) is 42.7 Å². The minimum absolute atomic E-state index is 0.219. The lowest BCUT2D eigenvalue weighted by Gasteiger charge is -2.09. The molecular weight excluding hydrogens is 328 g/mol. The van der Waals surface area contributed by atoms with Crippen LogP contribution in [0.5, 0.6) is 17.2 Å². The predicted molar refractivity (Wildman–Crippen MR) is 92.3 cm³/mol. The van der Waals surface area contributed by atoms with E-state index in [2.05, 4.69) is 6.92 Å². The van der Waals surface area contributed by atoms with Gasteiger partial charge in [0.1, 0.15) is 22.1 Å². The maximum Gasteiger partial charge on any atom is 0.298 e. The van der Waals surface area contributed by atoms with Crippen molar-refractivity contribution in [2.24, 2.45) is 0 Å². The lowest BCUT2D eigenvalue weighted by atomic mass is 10.1. The van der Waals surface area contributed by atoms with Crippen molar-refractivity contribution in [3.8, 4) is 17.2 Å². The Bertz CT molecular complexity index is 766. The fraction of sp³-hybridized carbons (Fsp3) is 0.333. The average molecular weight is 350 g/mol. The van der Waals surface area contributed by atoms with Crippen molar-refractivity contribution in [3.63, 3.8) is 0 Å². The van der Waals surface area contributed by atoms with Crippen LogP contribution in [0.15, 0.2) is 47.4 Å². The van der Waals surface area contributed by atoms with E-state index in [9.17, 15) is 13.5 Å². The molecule has 0 radical (unpaired) electrons. The summed E-state index contributed by atoms with van der Waals surface area (Å²) in [5.74, 6) is 0.252. The number of hydrogen-bond acceptors (Lipinski definition) is 4. The molecule has 0 amide bonds. The highest BCUT2D eigenvalue weighted by Crippen LogP contribution is 2.30. The van der Waals surface area contributed by atoms with Gasteiger partial charge in [0.2, 0.25) is 0 Å². The fourth-order valence-electron chi connectivity index (χ4n) is 2.38. The zero-order valence-electron chi connectivity index (χ0n) is 13.6. The molecule has 24 heavy (non-hydrogen) atoms. The van der Waals surface area contributed by atoms with Crippen molar-refractivity contribution in [1.82, 2.24) is 0 Å². The van der Waals surface area contributed by atoms with E-state index in [0.29, 0.717) is 5.75 Å². The Balaban J connectivity index is 2.04. The molecule has 0 heterocycles. The van der Waals surface area contributed by atoms with E-state index in [-0.39, 0.29) is 5.75 Å². The second-order valence-corrected chi connectivity index (χ2v) is 7.05. The van der Waals surface area contributed by atoms with Gasteiger partial charge in [-0.1, -0.05) is 38.3 Å². The first-order valence-electron chi connectivity index (χ1n) is 7.97. The molecule has 2 N–H and O–H groups in total. The zero-order valence-corrected chi connectivity index (χ0v) is 14.4. The highest BCUT2D eigenvalue weighted by molar-refractivity contribution is 7.86. The Morgan fingerprint density at radius 1 is 0.958 bits per heavy atom. The molecule has 5 nitrogen and oxygen atoms in total. The molecule has 0 atom stereocenters. The molecule has 0 saturated heterocycles. The van der Waals surface area contributed by atoms with Gasteiger partial charge >= 0.3 is 0 Å². The van der Waals surface area contributed by atoms with Crippen molar-refractivity contribution in [3.05, 3.63) is 48.0 Å². The van der Waals surface area contributed by atoms with E-state index >= 15 is 0 Å². The van der Waals surface area contributed by atoms with Crippen LogP contribution in [0.2, 0.25) is 0 Å². The third-order valence-electron chi connectivity index (χ3n) is 3.69. The highest BCUT2D eigenvalue weighted by atomic mass is 32.2. The van der Waals surface area contributed by atoms with Crippen LogP contribution in [0.1, 0.15) is 38.2 Å². The van der Waals surface area contributed by atoms with E-state index in [1.54, 1.807) is 0 Å². The van der Waals surface area contributed by atoms with Crippen LogP contribution in [-0.2, 0) is 16.5 Å². The van der Waals surface area contributed by atoms with Gasteiger partial charge in [0.25, 0.3) is 10.1 Å². The number of rotatable bonds is 8. The number of ether oxygens (including phenoxy) is 1. The smallest absolute Gasteiger partial charge is 0.298 e. The monoisotopic (exact) mass is 350 g/mol. The van der Waals surface area contributed by atoms with Gasteiger partial charge < -0.3 is 9.84 Å². The topological polar surface area (TPSA) is 83.8 Å². The molecule has 2 aromatic rings. The number of benzene rings is 2. The van der Waals surface area contributed by atoms with Gasteiger partial charge in [0.05, 0.1) is 0 Å². The average Bonchev–Trinajstić information content (AvgIpc) is 2.54. The van der Waals surface area contributed by atoms with Crippen LogP contribution < -0.4 is 4.74 Å². The maximum atomic E-state index is 11.2.